The summed E-state index contributed by atoms with van der Waals surface area (Å²) >= 11 is 0. The molecule has 0 fully saturated rings. The molecule has 57 heavy (non-hydrogen) atoms. The molecule has 295 valence electrons. The first kappa shape index (κ1) is 37.5. The molecular weight excluding hydrogens is 859 g/mol. The summed E-state index contributed by atoms with van der Waals surface area (Å²) < 4.78 is 241. The van der Waals surface area contributed by atoms with Crippen LogP contribution >= 0.6 is 0 Å². The normalized spacial score (nSPS) is 12.6. The molecule has 0 saturated carbocycles. The molecule has 8 nitrogen and oxygen atoms in total. The van der Waals surface area contributed by atoms with Crippen LogP contribution in [-0.4, -0.2) is 9.97 Å². The zero-order valence-electron chi connectivity index (χ0n) is 26.3. The first-order valence-electron chi connectivity index (χ1n) is 14.9. The molecule has 1 aliphatic heterocycles. The van der Waals surface area contributed by atoms with Crippen molar-refractivity contribution >= 4 is 89.6 Å². The molecule has 0 unspecified atom stereocenters. The van der Waals surface area contributed by atoms with Crippen LogP contribution < -0.4 is 31.2 Å². The van der Waals surface area contributed by atoms with E-state index >= 15 is 35.1 Å². The SMILES string of the molecule is Fc1c(F)c(F)c2c3[n-]c(c2c1F)Nc1[nH]c(c2c(F)c(F)c(F)c(F)c12)Nc1[n-]c(c2c(F)c(F)c(F)c(F)c12)Nc1[nH]c(c2c(F)c(F)c(F)c(F)c12)N3.[Co+2]. The van der Waals surface area contributed by atoms with Gasteiger partial charge in [-0.3, -0.25) is 0 Å². The minimum atomic E-state index is -2.49. The van der Waals surface area contributed by atoms with Gasteiger partial charge in [0.1, 0.15) is 0 Å². The van der Waals surface area contributed by atoms with E-state index < -0.39 is 183 Å². The van der Waals surface area contributed by atoms with Crippen molar-refractivity contribution in [3.63, 3.8) is 0 Å². The molecule has 0 saturated heterocycles. The first-order valence-corrected chi connectivity index (χ1v) is 14.9. The third-order valence-electron chi connectivity index (χ3n) is 8.94. The van der Waals surface area contributed by atoms with Gasteiger partial charge in [0.2, 0.25) is 0 Å². The Morgan fingerprint density at radius 1 is 0.228 bits per heavy atom. The molecule has 4 aromatic heterocycles. The molecule has 0 atom stereocenters. The van der Waals surface area contributed by atoms with Crippen LogP contribution in [0, 0.1) is 93.1 Å². The van der Waals surface area contributed by atoms with Gasteiger partial charge in [0.25, 0.3) is 0 Å². The van der Waals surface area contributed by atoms with E-state index in [4.69, 9.17) is 0 Å². The number of fused-ring (bicyclic) bond motifs is 20. The molecule has 1 aliphatic rings. The summed E-state index contributed by atoms with van der Waals surface area (Å²) in [7, 11) is 0. The van der Waals surface area contributed by atoms with Crippen LogP contribution in [0.1, 0.15) is 0 Å². The van der Waals surface area contributed by atoms with Crippen LogP contribution in [0.3, 0.4) is 0 Å². The first-order chi connectivity index (χ1) is 26.4. The van der Waals surface area contributed by atoms with Gasteiger partial charge < -0.3 is 41.2 Å². The number of aromatic nitrogens is 4. The number of nitrogens with zero attached hydrogens (tertiary/aromatic N) is 2. The van der Waals surface area contributed by atoms with E-state index in [-0.39, 0.29) is 16.8 Å². The third kappa shape index (κ3) is 4.77. The van der Waals surface area contributed by atoms with Crippen molar-refractivity contribution in [2.45, 2.75) is 0 Å². The van der Waals surface area contributed by atoms with Gasteiger partial charge in [0.15, 0.2) is 93.1 Å². The van der Waals surface area contributed by atoms with E-state index in [0.29, 0.717) is 0 Å². The maximum absolute atomic E-state index is 15.5. The van der Waals surface area contributed by atoms with Gasteiger partial charge in [0.05, 0.1) is 44.8 Å². The molecule has 0 aliphatic carbocycles. The van der Waals surface area contributed by atoms with E-state index in [9.17, 15) is 35.1 Å². The Morgan fingerprint density at radius 2 is 0.386 bits per heavy atom. The number of aromatic amines is 2. The summed E-state index contributed by atoms with van der Waals surface area (Å²) in [6, 6.07) is 0. The van der Waals surface area contributed by atoms with Gasteiger partial charge in [-0.1, -0.05) is 0 Å². The Hall–Kier alpha value is -6.37. The van der Waals surface area contributed by atoms with Gasteiger partial charge in [-0.2, -0.15) is 0 Å². The summed E-state index contributed by atoms with van der Waals surface area (Å²) in [5.41, 5.74) is 0. The Balaban J connectivity index is 0.00000455. The summed E-state index contributed by atoms with van der Waals surface area (Å²) in [4.78, 5) is 11.6. The minimum Gasteiger partial charge on any atom is -0.399 e. The molecule has 8 bridgehead atoms. The summed E-state index contributed by atoms with van der Waals surface area (Å²) in [6.45, 7) is 0. The number of hydrogen-bond acceptors (Lipinski definition) is 4. The van der Waals surface area contributed by atoms with Crippen LogP contribution in [0.2, 0.25) is 0 Å². The van der Waals surface area contributed by atoms with Gasteiger partial charge in [0, 0.05) is 44.8 Å². The Bertz CT molecular complexity index is 2520. The maximum atomic E-state index is 15.5. The number of rotatable bonds is 0. The van der Waals surface area contributed by atoms with E-state index in [1.165, 1.54) is 0 Å². The molecule has 9 rings (SSSR count). The average molecular weight is 865 g/mol. The minimum absolute atomic E-state index is 0. The van der Waals surface area contributed by atoms with Crippen molar-refractivity contribution in [2.75, 3.05) is 21.3 Å². The molecule has 25 heteroatoms. The van der Waals surface area contributed by atoms with Crippen LogP contribution in [0.15, 0.2) is 0 Å². The predicted molar refractivity (Wildman–Crippen MR) is 164 cm³/mol. The summed E-state index contributed by atoms with van der Waals surface area (Å²) in [6.07, 6.45) is 0. The molecule has 5 heterocycles. The topological polar surface area (TPSA) is 108 Å². The van der Waals surface area contributed by atoms with Crippen molar-refractivity contribution in [3.8, 4) is 0 Å². The smallest absolute Gasteiger partial charge is 0.399 e. The van der Waals surface area contributed by atoms with Gasteiger partial charge in [-0.15, -0.1) is 0 Å². The molecule has 0 spiro atoms. The van der Waals surface area contributed by atoms with Gasteiger partial charge in [-0.25, -0.2) is 70.2 Å². The number of anilines is 8. The van der Waals surface area contributed by atoms with Crippen molar-refractivity contribution < 1.29 is 87.0 Å². The fraction of sp³-hybridized carbons (Fsp3) is 0. The molecule has 4 aromatic carbocycles. The van der Waals surface area contributed by atoms with Crippen molar-refractivity contribution in [1.82, 2.24) is 19.9 Å². The van der Waals surface area contributed by atoms with Gasteiger partial charge >= 0.3 is 16.8 Å². The largest absolute Gasteiger partial charge is 2.00 e. The second-order valence-corrected chi connectivity index (χ2v) is 11.9. The molecular formula is C32H6CoF16N8. The van der Waals surface area contributed by atoms with Crippen molar-refractivity contribution in [2.24, 2.45) is 0 Å². The predicted octanol–water partition coefficient (Wildman–Crippen LogP) is 10.4. The molecule has 6 N–H and O–H groups in total. The summed E-state index contributed by atoms with van der Waals surface area (Å²) in [5, 5.41) is -2.84. The monoisotopic (exact) mass is 865 g/mol. The molecule has 1 radical (unpaired) electrons. The van der Waals surface area contributed by atoms with Crippen molar-refractivity contribution in [3.05, 3.63) is 93.1 Å². The molecule has 0 amide bonds. The van der Waals surface area contributed by atoms with Crippen LogP contribution in [-0.2, 0) is 16.8 Å². The second-order valence-electron chi connectivity index (χ2n) is 11.9. The van der Waals surface area contributed by atoms with Crippen molar-refractivity contribution in [1.29, 1.82) is 0 Å². The number of nitrogens with one attached hydrogen (secondary N) is 6. The number of benzene rings is 4. The Morgan fingerprint density at radius 3 is 0.561 bits per heavy atom. The fourth-order valence-corrected chi connectivity index (χ4v) is 6.51. The zero-order valence-corrected chi connectivity index (χ0v) is 27.3. The number of halogens is 16. The maximum Gasteiger partial charge on any atom is 2.00 e. The van der Waals surface area contributed by atoms with E-state index in [1.54, 1.807) is 0 Å². The van der Waals surface area contributed by atoms with Crippen LogP contribution in [0.4, 0.5) is 117 Å². The van der Waals surface area contributed by atoms with E-state index in [1.807, 2.05) is 21.3 Å². The van der Waals surface area contributed by atoms with Crippen LogP contribution in [0.5, 0.6) is 0 Å². The Labute approximate surface area is 310 Å². The summed E-state index contributed by atoms with van der Waals surface area (Å²) in [5.74, 6) is -47.0. The quantitative estimate of drug-likeness (QED) is 0.0515. The van der Waals surface area contributed by atoms with E-state index in [0.717, 1.165) is 0 Å². The standard InChI is InChI=1S/C32H6F16N8.Co/c33-9-1-2(10(34)18(42)17(9)41)26-49-25(1)53-27-3-4(12(36)20(44)19(43)11(3)35)29(50-27)55-31-7-8(16(40)24(48)23(47)15(7)39)32(52-31)56-30-6-5(28(51-30)54-26)13(37)21(45)22(46)14(6)38;/h49,52-56H;/q-2;+2. The van der Waals surface area contributed by atoms with Crippen LogP contribution in [0.25, 0.3) is 43.1 Å². The third-order valence-corrected chi connectivity index (χ3v) is 8.94. The molecule has 8 aromatic rings. The Kier molecular flexibility index (Phi) is 8.11. The second kappa shape index (κ2) is 12.3. The number of hydrogen-bond donors (Lipinski definition) is 6. The zero-order chi connectivity index (χ0) is 40.1. The van der Waals surface area contributed by atoms with Gasteiger partial charge in [-0.05, 0) is 0 Å². The number of H-pyrrole nitrogens is 2. The fourth-order valence-electron chi connectivity index (χ4n) is 6.51. The van der Waals surface area contributed by atoms with E-state index in [2.05, 4.69) is 19.9 Å². The average Bonchev–Trinajstić information content (AvgIpc) is 3.92.